The van der Waals surface area contributed by atoms with E-state index in [1.165, 1.54) is 12.1 Å². The van der Waals surface area contributed by atoms with Gasteiger partial charge in [-0.15, -0.1) is 0 Å². The smallest absolute Gasteiger partial charge is 0.358 e. The average Bonchev–Trinajstić information content (AvgIpc) is 3.04. The first-order valence-electron chi connectivity index (χ1n) is 7.67. The lowest BCUT2D eigenvalue weighted by Crippen LogP contribution is -2.34. The maximum absolute atomic E-state index is 12.5. The monoisotopic (exact) mass is 357 g/mol. The number of rotatable bonds is 4. The van der Waals surface area contributed by atoms with Crippen molar-refractivity contribution in [1.82, 2.24) is 4.90 Å². The number of nitrogens with zero attached hydrogens (tertiary/aromatic N) is 1. The van der Waals surface area contributed by atoms with Crippen molar-refractivity contribution in [2.75, 3.05) is 7.11 Å². The van der Waals surface area contributed by atoms with Gasteiger partial charge in [0.25, 0.3) is 18.1 Å². The zero-order valence-corrected chi connectivity index (χ0v) is 14.3. The highest BCUT2D eigenvalue weighted by Crippen LogP contribution is 2.28. The van der Waals surface area contributed by atoms with E-state index in [1.807, 2.05) is 0 Å². The van der Waals surface area contributed by atoms with Crippen molar-refractivity contribution in [3.05, 3.63) is 58.5 Å². The molecule has 0 bridgehead atoms. The van der Waals surface area contributed by atoms with Gasteiger partial charge in [-0.05, 0) is 26.0 Å². The molecule has 0 saturated carbocycles. The molecule has 2 aliphatic rings. The molecular formula is C18H15NO7. The molecule has 134 valence electrons. The Morgan fingerprint density at radius 1 is 1.12 bits per heavy atom. The highest BCUT2D eigenvalue weighted by Gasteiger charge is 2.41. The van der Waals surface area contributed by atoms with Crippen molar-refractivity contribution >= 4 is 23.8 Å². The number of amides is 2. The molecule has 8 heteroatoms. The topological polar surface area (TPSA) is 99.2 Å². The molecule has 26 heavy (non-hydrogen) atoms. The van der Waals surface area contributed by atoms with Crippen LogP contribution >= 0.6 is 0 Å². The molecule has 0 aromatic heterocycles. The van der Waals surface area contributed by atoms with E-state index in [9.17, 15) is 19.2 Å². The third-order valence-electron chi connectivity index (χ3n) is 4.20. The van der Waals surface area contributed by atoms with Gasteiger partial charge in [-0.25, -0.2) is 14.5 Å². The lowest BCUT2D eigenvalue weighted by molar-refractivity contribution is -0.153. The molecule has 1 aromatic carbocycles. The van der Waals surface area contributed by atoms with Crippen molar-refractivity contribution in [3.8, 4) is 0 Å². The molecule has 1 aromatic rings. The van der Waals surface area contributed by atoms with E-state index in [0.29, 0.717) is 16.0 Å². The van der Waals surface area contributed by atoms with Crippen LogP contribution in [0.4, 0.5) is 0 Å². The summed E-state index contributed by atoms with van der Waals surface area (Å²) >= 11 is 0. The van der Waals surface area contributed by atoms with Crippen LogP contribution in [0.5, 0.6) is 0 Å². The largest absolute Gasteiger partial charge is 0.464 e. The van der Waals surface area contributed by atoms with E-state index in [0.717, 1.165) is 13.4 Å². The average molecular weight is 357 g/mol. The van der Waals surface area contributed by atoms with Gasteiger partial charge in [0.05, 0.1) is 18.2 Å². The van der Waals surface area contributed by atoms with Crippen LogP contribution in [0.2, 0.25) is 0 Å². The summed E-state index contributed by atoms with van der Waals surface area (Å²) in [6.45, 7) is 3.22. The van der Waals surface area contributed by atoms with E-state index in [1.54, 1.807) is 26.0 Å². The number of methoxy groups -OCH3 is 1. The second-order valence-electron chi connectivity index (χ2n) is 5.67. The van der Waals surface area contributed by atoms with Crippen LogP contribution in [0.15, 0.2) is 47.4 Å². The lowest BCUT2D eigenvalue weighted by atomic mass is 10.1. The van der Waals surface area contributed by atoms with Crippen molar-refractivity contribution in [2.45, 2.75) is 20.1 Å². The van der Waals surface area contributed by atoms with Gasteiger partial charge in [-0.1, -0.05) is 12.1 Å². The SMILES string of the molecule is COC(=O)/C(=C/OC1OC(=O)C(C)=C1C)N1C(=O)c2ccccc2C1=O. The van der Waals surface area contributed by atoms with Gasteiger partial charge in [0.1, 0.15) is 6.26 Å². The maximum Gasteiger partial charge on any atom is 0.358 e. The summed E-state index contributed by atoms with van der Waals surface area (Å²) in [7, 11) is 1.11. The number of hydrogen-bond donors (Lipinski definition) is 0. The van der Waals surface area contributed by atoms with Crippen LogP contribution in [0.25, 0.3) is 0 Å². The Bertz CT molecular complexity index is 862. The van der Waals surface area contributed by atoms with Crippen molar-refractivity contribution < 1.29 is 33.4 Å². The minimum absolute atomic E-state index is 0.173. The van der Waals surface area contributed by atoms with Gasteiger partial charge in [-0.3, -0.25) is 9.59 Å². The first-order chi connectivity index (χ1) is 12.4. The fraction of sp³-hybridized carbons (Fsp3) is 0.222. The molecule has 1 unspecified atom stereocenters. The quantitative estimate of drug-likeness (QED) is 0.349. The van der Waals surface area contributed by atoms with E-state index in [4.69, 9.17) is 9.47 Å². The lowest BCUT2D eigenvalue weighted by Gasteiger charge is -2.17. The summed E-state index contributed by atoms with van der Waals surface area (Å²) < 4.78 is 15.0. The molecule has 2 amide bonds. The van der Waals surface area contributed by atoms with Crippen LogP contribution in [-0.2, 0) is 23.8 Å². The van der Waals surface area contributed by atoms with Gasteiger partial charge in [-0.2, -0.15) is 0 Å². The Kier molecular flexibility index (Phi) is 4.33. The fourth-order valence-electron chi connectivity index (χ4n) is 2.57. The summed E-state index contributed by atoms with van der Waals surface area (Å²) in [5, 5.41) is 0. The van der Waals surface area contributed by atoms with Crippen molar-refractivity contribution in [3.63, 3.8) is 0 Å². The molecule has 2 aliphatic heterocycles. The number of fused-ring (bicyclic) bond motifs is 1. The van der Waals surface area contributed by atoms with Crippen LogP contribution in [0, 0.1) is 0 Å². The molecule has 0 saturated heterocycles. The van der Waals surface area contributed by atoms with Crippen molar-refractivity contribution in [1.29, 1.82) is 0 Å². The van der Waals surface area contributed by atoms with Crippen LogP contribution in [0.1, 0.15) is 34.6 Å². The number of imide groups is 1. The number of esters is 2. The summed E-state index contributed by atoms with van der Waals surface area (Å²) in [4.78, 5) is 49.4. The summed E-state index contributed by atoms with van der Waals surface area (Å²) in [6, 6.07) is 6.20. The van der Waals surface area contributed by atoms with Crippen molar-refractivity contribution in [2.24, 2.45) is 0 Å². The van der Waals surface area contributed by atoms with Crippen LogP contribution < -0.4 is 0 Å². The second-order valence-corrected chi connectivity index (χ2v) is 5.67. The Hall–Kier alpha value is -3.42. The molecule has 2 heterocycles. The Morgan fingerprint density at radius 2 is 1.69 bits per heavy atom. The van der Waals surface area contributed by atoms with Crippen LogP contribution in [-0.4, -0.2) is 42.1 Å². The molecular weight excluding hydrogens is 342 g/mol. The fourth-order valence-corrected chi connectivity index (χ4v) is 2.57. The molecule has 1 atom stereocenters. The zero-order valence-electron chi connectivity index (χ0n) is 14.3. The first kappa shape index (κ1) is 17.4. The van der Waals surface area contributed by atoms with E-state index >= 15 is 0 Å². The summed E-state index contributed by atoms with van der Waals surface area (Å²) in [5.74, 6) is -2.82. The predicted molar refractivity (Wildman–Crippen MR) is 86.4 cm³/mol. The second kappa shape index (κ2) is 6.47. The summed E-state index contributed by atoms with van der Waals surface area (Å²) in [6.07, 6.45) is -0.148. The minimum Gasteiger partial charge on any atom is -0.464 e. The standard InChI is InChI=1S/C18H15NO7/c1-9-10(2)18(26-16(9)22)25-8-13(17(23)24-3)19-14(20)11-6-4-5-7-12(11)15(19)21/h4-8,18H,1-3H3/b13-8-. The third kappa shape index (κ3) is 2.65. The van der Waals surface area contributed by atoms with E-state index < -0.39 is 35.7 Å². The number of carbonyl (C=O) groups is 4. The molecule has 3 rings (SSSR count). The van der Waals surface area contributed by atoms with Gasteiger partial charge in [0.2, 0.25) is 0 Å². The van der Waals surface area contributed by atoms with Gasteiger partial charge in [0, 0.05) is 11.1 Å². The number of carbonyl (C=O) groups excluding carboxylic acids is 4. The first-order valence-corrected chi connectivity index (χ1v) is 7.67. The number of cyclic esters (lactones) is 1. The molecule has 0 aliphatic carbocycles. The molecule has 0 N–H and O–H groups in total. The van der Waals surface area contributed by atoms with E-state index in [2.05, 4.69) is 4.74 Å². The van der Waals surface area contributed by atoms with E-state index in [-0.39, 0.29) is 11.1 Å². The summed E-state index contributed by atoms with van der Waals surface area (Å²) in [5.41, 5.74) is 0.853. The molecule has 0 spiro atoms. The van der Waals surface area contributed by atoms with Crippen LogP contribution in [0.3, 0.4) is 0 Å². The predicted octanol–water partition coefficient (Wildman–Crippen LogP) is 1.53. The molecule has 8 nitrogen and oxygen atoms in total. The molecule has 0 radical (unpaired) electrons. The zero-order chi connectivity index (χ0) is 19.0. The van der Waals surface area contributed by atoms with Gasteiger partial charge in [0.15, 0.2) is 5.70 Å². The number of ether oxygens (including phenoxy) is 3. The normalized spacial score (nSPS) is 19.7. The molecule has 0 fully saturated rings. The maximum atomic E-state index is 12.5. The number of hydrogen-bond acceptors (Lipinski definition) is 7. The highest BCUT2D eigenvalue weighted by molar-refractivity contribution is 6.24. The minimum atomic E-state index is -1.04. The third-order valence-corrected chi connectivity index (χ3v) is 4.20. The highest BCUT2D eigenvalue weighted by atomic mass is 16.7. The Labute approximate surface area is 148 Å². The Morgan fingerprint density at radius 3 is 2.15 bits per heavy atom. The van der Waals surface area contributed by atoms with Gasteiger partial charge >= 0.3 is 11.9 Å². The Balaban J connectivity index is 1.93. The van der Waals surface area contributed by atoms with Gasteiger partial charge < -0.3 is 14.2 Å². The number of benzene rings is 1.